The molecule has 0 spiro atoms. The molecule has 2 nitrogen and oxygen atoms in total. The van der Waals surface area contributed by atoms with Gasteiger partial charge in [-0.25, -0.2) is 0 Å². The normalized spacial score (nSPS) is 30.1. The van der Waals surface area contributed by atoms with Crippen molar-refractivity contribution in [3.63, 3.8) is 0 Å². The first kappa shape index (κ1) is 10.3. The molecule has 12 heavy (non-hydrogen) atoms. The average molecular weight is 206 g/mol. The molecule has 0 aromatic carbocycles. The van der Waals surface area contributed by atoms with Crippen LogP contribution in [0.2, 0.25) is 0 Å². The van der Waals surface area contributed by atoms with Gasteiger partial charge in [0.2, 0.25) is 0 Å². The summed E-state index contributed by atoms with van der Waals surface area (Å²) in [6, 6.07) is 0. The highest BCUT2D eigenvalue weighted by Gasteiger charge is 2.26. The van der Waals surface area contributed by atoms with Crippen LogP contribution in [0.4, 0.5) is 0 Å². The van der Waals surface area contributed by atoms with Crippen LogP contribution in [0.15, 0.2) is 0 Å². The van der Waals surface area contributed by atoms with Crippen molar-refractivity contribution in [3.05, 3.63) is 0 Å². The Morgan fingerprint density at radius 2 is 2.25 bits per heavy atom. The van der Waals surface area contributed by atoms with E-state index in [1.807, 2.05) is 0 Å². The van der Waals surface area contributed by atoms with Gasteiger partial charge in [0.1, 0.15) is 5.25 Å². The second kappa shape index (κ2) is 5.02. The van der Waals surface area contributed by atoms with Crippen LogP contribution in [0.3, 0.4) is 0 Å². The lowest BCUT2D eigenvalue weighted by Gasteiger charge is -2.24. The maximum atomic E-state index is 10.6. The van der Waals surface area contributed by atoms with Gasteiger partial charge in [0.25, 0.3) is 0 Å². The van der Waals surface area contributed by atoms with Gasteiger partial charge in [0, 0.05) is 5.25 Å². The van der Waals surface area contributed by atoms with Gasteiger partial charge < -0.3 is 5.11 Å². The van der Waals surface area contributed by atoms with E-state index in [1.165, 1.54) is 23.6 Å². The van der Waals surface area contributed by atoms with E-state index in [4.69, 9.17) is 5.11 Å². The Morgan fingerprint density at radius 3 is 2.67 bits per heavy atom. The molecule has 1 fully saturated rings. The van der Waals surface area contributed by atoms with Crippen LogP contribution in [-0.2, 0) is 4.79 Å². The lowest BCUT2D eigenvalue weighted by atomic mass is 10.1. The topological polar surface area (TPSA) is 37.3 Å². The first-order valence-corrected chi connectivity index (χ1v) is 6.56. The summed E-state index contributed by atoms with van der Waals surface area (Å²) in [6.07, 6.45) is 4.35. The van der Waals surface area contributed by atoms with Crippen molar-refractivity contribution in [2.45, 2.75) is 43.1 Å². The molecule has 1 aliphatic heterocycles. The molecule has 0 radical (unpaired) electrons. The predicted octanol–water partition coefficient (Wildman–Crippen LogP) is 2.78. The van der Waals surface area contributed by atoms with E-state index in [9.17, 15) is 4.79 Å². The molecule has 0 aromatic rings. The number of carboxylic acid groups (broad SMARTS) is 1. The summed E-state index contributed by atoms with van der Waals surface area (Å²) in [5.41, 5.74) is 0. The molecule has 1 rings (SSSR count). The number of rotatable bonds is 3. The Balaban J connectivity index is 2.25. The van der Waals surface area contributed by atoms with Crippen LogP contribution in [0.1, 0.15) is 32.6 Å². The smallest absolute Gasteiger partial charge is 0.317 e. The zero-order chi connectivity index (χ0) is 8.97. The molecule has 0 aromatic heterocycles. The minimum absolute atomic E-state index is 0.164. The van der Waals surface area contributed by atoms with Gasteiger partial charge in [-0.2, -0.15) is 0 Å². The second-order valence-electron chi connectivity index (χ2n) is 3.01. The predicted molar refractivity (Wildman–Crippen MR) is 54.5 cm³/mol. The van der Waals surface area contributed by atoms with E-state index in [0.717, 1.165) is 12.8 Å². The van der Waals surface area contributed by atoms with E-state index in [2.05, 4.69) is 6.92 Å². The first-order chi connectivity index (χ1) is 5.74. The van der Waals surface area contributed by atoms with Gasteiger partial charge in [-0.05, 0) is 19.3 Å². The highest BCUT2D eigenvalue weighted by molar-refractivity contribution is 8.77. The van der Waals surface area contributed by atoms with Crippen molar-refractivity contribution < 1.29 is 9.90 Å². The summed E-state index contributed by atoms with van der Waals surface area (Å²) >= 11 is 0. The Labute approximate surface area is 80.9 Å². The van der Waals surface area contributed by atoms with E-state index < -0.39 is 5.97 Å². The molecule has 4 heteroatoms. The van der Waals surface area contributed by atoms with Crippen LogP contribution >= 0.6 is 21.6 Å². The summed E-state index contributed by atoms with van der Waals surface area (Å²) in [7, 11) is 3.30. The first-order valence-electron chi connectivity index (χ1n) is 4.29. The Hall–Kier alpha value is 0.170. The Morgan fingerprint density at radius 1 is 1.50 bits per heavy atom. The third-order valence-corrected chi connectivity index (χ3v) is 5.32. The molecule has 0 aliphatic carbocycles. The molecule has 0 saturated carbocycles. The molecular formula is C8H14O2S2. The summed E-state index contributed by atoms with van der Waals surface area (Å²) in [5, 5.41) is 9.25. The Bertz CT molecular complexity index is 153. The fourth-order valence-corrected chi connectivity index (χ4v) is 4.42. The van der Waals surface area contributed by atoms with Crippen LogP contribution in [0.5, 0.6) is 0 Å². The second-order valence-corrected chi connectivity index (χ2v) is 5.78. The third-order valence-electron chi connectivity index (χ3n) is 1.94. The molecule has 0 amide bonds. The van der Waals surface area contributed by atoms with E-state index in [-0.39, 0.29) is 5.25 Å². The van der Waals surface area contributed by atoms with Gasteiger partial charge in [0.15, 0.2) is 0 Å². The number of aliphatic carboxylic acids is 1. The number of carboxylic acids is 1. The van der Waals surface area contributed by atoms with Crippen molar-refractivity contribution in [1.82, 2.24) is 0 Å². The summed E-state index contributed by atoms with van der Waals surface area (Å²) in [6.45, 7) is 2.18. The maximum absolute atomic E-state index is 10.6. The van der Waals surface area contributed by atoms with Crippen LogP contribution in [0, 0.1) is 0 Å². The summed E-state index contributed by atoms with van der Waals surface area (Å²) in [4.78, 5) is 10.6. The monoisotopic (exact) mass is 206 g/mol. The van der Waals surface area contributed by atoms with Crippen molar-refractivity contribution in [2.75, 3.05) is 0 Å². The quantitative estimate of drug-likeness (QED) is 0.720. The molecule has 1 heterocycles. The standard InChI is InChI=1S/C8H14O2S2/c1-2-3-6-4-5-7(8(9)10)12-11-6/h6-7H,2-5H2,1H3,(H,9,10). The largest absolute Gasteiger partial charge is 0.480 e. The fourth-order valence-electron chi connectivity index (χ4n) is 1.26. The van der Waals surface area contributed by atoms with Crippen molar-refractivity contribution in [3.8, 4) is 0 Å². The molecule has 1 aliphatic rings. The minimum Gasteiger partial charge on any atom is -0.480 e. The van der Waals surface area contributed by atoms with Gasteiger partial charge in [-0.3, -0.25) is 4.79 Å². The van der Waals surface area contributed by atoms with Crippen molar-refractivity contribution in [2.24, 2.45) is 0 Å². The lowest BCUT2D eigenvalue weighted by Crippen LogP contribution is -2.21. The summed E-state index contributed by atoms with van der Waals surface area (Å²) < 4.78 is 0. The van der Waals surface area contributed by atoms with Crippen LogP contribution in [-0.4, -0.2) is 21.6 Å². The van der Waals surface area contributed by atoms with Crippen molar-refractivity contribution >= 4 is 27.6 Å². The highest BCUT2D eigenvalue weighted by atomic mass is 33.1. The number of hydrogen-bond acceptors (Lipinski definition) is 3. The zero-order valence-corrected chi connectivity index (χ0v) is 8.79. The van der Waals surface area contributed by atoms with E-state index in [0.29, 0.717) is 5.25 Å². The molecule has 70 valence electrons. The van der Waals surface area contributed by atoms with Crippen LogP contribution in [0.25, 0.3) is 0 Å². The number of carbonyl (C=O) groups is 1. The zero-order valence-electron chi connectivity index (χ0n) is 7.16. The van der Waals surface area contributed by atoms with Gasteiger partial charge in [0.05, 0.1) is 0 Å². The van der Waals surface area contributed by atoms with E-state index >= 15 is 0 Å². The third kappa shape index (κ3) is 2.90. The minimum atomic E-state index is -0.651. The number of hydrogen-bond donors (Lipinski definition) is 1. The molecule has 1 N–H and O–H groups in total. The molecule has 2 unspecified atom stereocenters. The Kier molecular flexibility index (Phi) is 4.29. The molecule has 1 saturated heterocycles. The SMILES string of the molecule is CCCC1CCC(C(=O)O)SS1. The van der Waals surface area contributed by atoms with Crippen LogP contribution < -0.4 is 0 Å². The van der Waals surface area contributed by atoms with Gasteiger partial charge in [-0.1, -0.05) is 34.9 Å². The fraction of sp³-hybridized carbons (Fsp3) is 0.875. The highest BCUT2D eigenvalue weighted by Crippen LogP contribution is 2.42. The molecule has 0 bridgehead atoms. The lowest BCUT2D eigenvalue weighted by molar-refractivity contribution is -0.136. The average Bonchev–Trinajstić information content (AvgIpc) is 2.06. The molecular weight excluding hydrogens is 192 g/mol. The van der Waals surface area contributed by atoms with E-state index in [1.54, 1.807) is 10.8 Å². The maximum Gasteiger partial charge on any atom is 0.317 e. The van der Waals surface area contributed by atoms with Crippen molar-refractivity contribution in [1.29, 1.82) is 0 Å². The van der Waals surface area contributed by atoms with Gasteiger partial charge in [-0.15, -0.1) is 0 Å². The summed E-state index contributed by atoms with van der Waals surface area (Å²) in [5.74, 6) is -0.651. The molecule has 2 atom stereocenters. The van der Waals surface area contributed by atoms with Gasteiger partial charge >= 0.3 is 5.97 Å².